The first-order chi connectivity index (χ1) is 7.13. The molecule has 0 spiro atoms. The number of hydrogen-bond acceptors (Lipinski definition) is 5. The Labute approximate surface area is 114 Å². The van der Waals surface area contributed by atoms with E-state index in [0.717, 1.165) is 0 Å². The Morgan fingerprint density at radius 2 is 2.00 bits per heavy atom. The van der Waals surface area contributed by atoms with Crippen molar-refractivity contribution < 1.29 is 39.8 Å². The standard InChI is InChI=1S/C10H11NO4.Na/c12-4-5-1-2-6(3-5)11-7-8(13)10(15)9(7)14;/h1-2,5-6,11-13H,3-4H2;/q;+1/t5-,6+;/m1./s1. The fraction of sp³-hybridized carbons (Fsp3) is 0.400. The second-order valence-electron chi connectivity index (χ2n) is 3.70. The summed E-state index contributed by atoms with van der Waals surface area (Å²) in [5, 5.41) is 20.7. The Balaban J connectivity index is 0.00000128. The summed E-state index contributed by atoms with van der Waals surface area (Å²) >= 11 is 0. The third kappa shape index (κ3) is 2.22. The molecule has 0 saturated heterocycles. The van der Waals surface area contributed by atoms with Crippen LogP contribution in [0.3, 0.4) is 0 Å². The molecule has 0 fully saturated rings. The number of aromatic hydroxyl groups is 1. The fourth-order valence-electron chi connectivity index (χ4n) is 1.72. The van der Waals surface area contributed by atoms with Gasteiger partial charge in [-0.1, -0.05) is 12.2 Å². The van der Waals surface area contributed by atoms with E-state index in [0.29, 0.717) is 6.42 Å². The molecule has 16 heavy (non-hydrogen) atoms. The van der Waals surface area contributed by atoms with Crippen LogP contribution in [0.4, 0.5) is 5.69 Å². The SMILES string of the molecule is O=c1c(O)c(N[C@H]2C=C[C@@H](CO)C2)c1=O.[Na+]. The van der Waals surface area contributed by atoms with Crippen LogP contribution in [0.5, 0.6) is 5.75 Å². The molecule has 0 heterocycles. The third-order valence-corrected chi connectivity index (χ3v) is 2.62. The molecule has 1 aliphatic carbocycles. The smallest absolute Gasteiger partial charge is 0.502 e. The summed E-state index contributed by atoms with van der Waals surface area (Å²) in [6.45, 7) is 0.0621. The number of anilines is 1. The summed E-state index contributed by atoms with van der Waals surface area (Å²) in [4.78, 5) is 21.7. The van der Waals surface area contributed by atoms with Crippen molar-refractivity contribution in [1.29, 1.82) is 0 Å². The summed E-state index contributed by atoms with van der Waals surface area (Å²) < 4.78 is 0. The molecule has 1 aliphatic rings. The molecule has 1 aromatic rings. The van der Waals surface area contributed by atoms with Gasteiger partial charge in [-0.05, 0) is 6.42 Å². The quantitative estimate of drug-likeness (QED) is 0.284. The normalized spacial score (nSPS) is 23.3. The van der Waals surface area contributed by atoms with Crippen molar-refractivity contribution in [2.24, 2.45) is 5.92 Å². The maximum absolute atomic E-state index is 11.0. The third-order valence-electron chi connectivity index (χ3n) is 2.62. The zero-order chi connectivity index (χ0) is 11.0. The van der Waals surface area contributed by atoms with Crippen molar-refractivity contribution in [2.45, 2.75) is 12.5 Å². The summed E-state index contributed by atoms with van der Waals surface area (Å²) in [6.07, 6.45) is 4.33. The molecule has 1 aromatic carbocycles. The molecule has 0 unspecified atom stereocenters. The topological polar surface area (TPSA) is 86.6 Å². The minimum Gasteiger partial charge on any atom is -0.502 e. The summed E-state index contributed by atoms with van der Waals surface area (Å²) in [7, 11) is 0. The zero-order valence-electron chi connectivity index (χ0n) is 8.93. The van der Waals surface area contributed by atoms with Gasteiger partial charge in [0.25, 0.3) is 10.9 Å². The van der Waals surface area contributed by atoms with Gasteiger partial charge in [-0.3, -0.25) is 9.59 Å². The van der Waals surface area contributed by atoms with Crippen LogP contribution in [0.1, 0.15) is 6.42 Å². The van der Waals surface area contributed by atoms with Crippen LogP contribution in [0.25, 0.3) is 0 Å². The minimum atomic E-state index is -0.835. The average Bonchev–Trinajstić information content (AvgIpc) is 2.72. The van der Waals surface area contributed by atoms with Crippen LogP contribution in [-0.2, 0) is 0 Å². The van der Waals surface area contributed by atoms with Gasteiger partial charge < -0.3 is 15.5 Å². The van der Waals surface area contributed by atoms with Crippen molar-refractivity contribution >= 4 is 5.69 Å². The first-order valence-electron chi connectivity index (χ1n) is 4.71. The molecule has 2 atom stereocenters. The van der Waals surface area contributed by atoms with Crippen LogP contribution in [0.15, 0.2) is 21.7 Å². The van der Waals surface area contributed by atoms with Crippen molar-refractivity contribution in [3.05, 3.63) is 32.6 Å². The fourth-order valence-corrected chi connectivity index (χ4v) is 1.72. The molecule has 3 N–H and O–H groups in total. The van der Waals surface area contributed by atoms with Gasteiger partial charge in [-0.25, -0.2) is 0 Å². The van der Waals surface area contributed by atoms with Crippen molar-refractivity contribution in [2.75, 3.05) is 11.9 Å². The molecule has 5 nitrogen and oxygen atoms in total. The van der Waals surface area contributed by atoms with Gasteiger partial charge in [0.05, 0.1) is 0 Å². The molecule has 0 bridgehead atoms. The molecule has 6 heteroatoms. The summed E-state index contributed by atoms with van der Waals surface area (Å²) in [5.74, 6) is -0.406. The number of rotatable bonds is 3. The Kier molecular flexibility index (Phi) is 4.32. The molecule has 0 aliphatic heterocycles. The van der Waals surface area contributed by atoms with Gasteiger partial charge in [-0.15, -0.1) is 0 Å². The average molecular weight is 232 g/mol. The van der Waals surface area contributed by atoms with Gasteiger partial charge in [-0.2, -0.15) is 0 Å². The first-order valence-corrected chi connectivity index (χ1v) is 4.71. The Bertz CT molecular complexity index is 475. The summed E-state index contributed by atoms with van der Waals surface area (Å²) in [5.41, 5.74) is -1.51. The van der Waals surface area contributed by atoms with Gasteiger partial charge in [0.1, 0.15) is 5.69 Å². The number of nitrogens with one attached hydrogen (secondary N) is 1. The minimum absolute atomic E-state index is 0. The van der Waals surface area contributed by atoms with Crippen LogP contribution >= 0.6 is 0 Å². The van der Waals surface area contributed by atoms with Crippen LogP contribution in [0, 0.1) is 5.92 Å². The molecule has 0 amide bonds. The Hall–Kier alpha value is -0.620. The van der Waals surface area contributed by atoms with E-state index in [1.807, 2.05) is 12.2 Å². The maximum Gasteiger partial charge on any atom is 1.00 e. The molecule has 80 valence electrons. The Morgan fingerprint density at radius 1 is 1.31 bits per heavy atom. The van der Waals surface area contributed by atoms with Crippen molar-refractivity contribution in [1.82, 2.24) is 0 Å². The first kappa shape index (κ1) is 13.4. The predicted octanol–water partition coefficient (Wildman–Crippen LogP) is -3.66. The predicted molar refractivity (Wildman–Crippen MR) is 54.8 cm³/mol. The van der Waals surface area contributed by atoms with Gasteiger partial charge in [0.2, 0.25) is 0 Å². The van der Waals surface area contributed by atoms with E-state index >= 15 is 0 Å². The molecule has 0 aromatic heterocycles. The van der Waals surface area contributed by atoms with Crippen molar-refractivity contribution in [3.8, 4) is 5.75 Å². The van der Waals surface area contributed by atoms with Crippen LogP contribution < -0.4 is 45.7 Å². The monoisotopic (exact) mass is 232 g/mol. The number of hydrogen-bond donors (Lipinski definition) is 3. The van der Waals surface area contributed by atoms with E-state index in [2.05, 4.69) is 5.32 Å². The van der Waals surface area contributed by atoms with E-state index in [4.69, 9.17) is 10.2 Å². The van der Waals surface area contributed by atoms with Crippen molar-refractivity contribution in [3.63, 3.8) is 0 Å². The molecular weight excluding hydrogens is 221 g/mol. The number of aliphatic hydroxyl groups excluding tert-OH is 1. The largest absolute Gasteiger partial charge is 1.00 e. The molecule has 0 radical (unpaired) electrons. The van der Waals surface area contributed by atoms with E-state index in [1.54, 1.807) is 0 Å². The van der Waals surface area contributed by atoms with E-state index in [9.17, 15) is 9.59 Å². The molecule has 0 saturated carbocycles. The van der Waals surface area contributed by atoms with Gasteiger partial charge in [0.15, 0.2) is 5.75 Å². The van der Waals surface area contributed by atoms with E-state index in [1.165, 1.54) is 0 Å². The van der Waals surface area contributed by atoms with E-state index in [-0.39, 0.29) is 53.8 Å². The Morgan fingerprint density at radius 3 is 2.50 bits per heavy atom. The summed E-state index contributed by atoms with van der Waals surface area (Å²) in [6, 6.07) is -0.101. The molecular formula is C10H11NNaO4+. The van der Waals surface area contributed by atoms with Gasteiger partial charge in [0, 0.05) is 18.6 Å². The second-order valence-corrected chi connectivity index (χ2v) is 3.70. The van der Waals surface area contributed by atoms with Crippen LogP contribution in [-0.4, -0.2) is 22.9 Å². The second kappa shape index (κ2) is 5.14. The van der Waals surface area contributed by atoms with Gasteiger partial charge >= 0.3 is 29.6 Å². The van der Waals surface area contributed by atoms with Crippen LogP contribution in [0.2, 0.25) is 0 Å². The van der Waals surface area contributed by atoms with E-state index < -0.39 is 16.6 Å². The zero-order valence-corrected chi connectivity index (χ0v) is 10.9. The molecule has 2 rings (SSSR count). The maximum atomic E-state index is 11.0. The number of aliphatic hydroxyl groups is 1.